The van der Waals surface area contributed by atoms with Crippen molar-refractivity contribution in [3.8, 4) is 0 Å². The molecule has 1 heterocycles. The fraction of sp³-hybridized carbons (Fsp3) is 0.700. The summed E-state index contributed by atoms with van der Waals surface area (Å²) in [5, 5.41) is 0. The van der Waals surface area contributed by atoms with E-state index < -0.39 is 0 Å². The lowest BCUT2D eigenvalue weighted by atomic mass is 9.93. The summed E-state index contributed by atoms with van der Waals surface area (Å²) < 4.78 is 3.39. The summed E-state index contributed by atoms with van der Waals surface area (Å²) in [6.45, 7) is 2.02. The smallest absolute Gasteiger partial charge is 0.111 e. The zero-order chi connectivity index (χ0) is 10.1. The van der Waals surface area contributed by atoms with E-state index in [4.69, 9.17) is 5.73 Å². The van der Waals surface area contributed by atoms with Gasteiger partial charge in [-0.2, -0.15) is 0 Å². The molecule has 1 unspecified atom stereocenters. The fourth-order valence-corrected chi connectivity index (χ4v) is 2.44. The van der Waals surface area contributed by atoms with E-state index in [0.717, 1.165) is 16.8 Å². The van der Waals surface area contributed by atoms with Gasteiger partial charge in [0.1, 0.15) is 10.4 Å². The Morgan fingerprint density at radius 2 is 2.43 bits per heavy atom. The number of nitrogens with two attached hydrogens (primary N) is 1. The molecule has 3 nitrogen and oxygen atoms in total. The summed E-state index contributed by atoms with van der Waals surface area (Å²) in [4.78, 5) is 4.39. The van der Waals surface area contributed by atoms with E-state index in [2.05, 4.69) is 25.5 Å². The first kappa shape index (κ1) is 10.2. The van der Waals surface area contributed by atoms with Crippen LogP contribution in [0.5, 0.6) is 0 Å². The number of halogens is 1. The number of aromatic nitrogens is 2. The van der Waals surface area contributed by atoms with Gasteiger partial charge in [0.05, 0.1) is 6.20 Å². The molecule has 1 aliphatic carbocycles. The Kier molecular flexibility index (Phi) is 2.93. The summed E-state index contributed by atoms with van der Waals surface area (Å²) in [6, 6.07) is 0.837. The second kappa shape index (κ2) is 4.03. The summed E-state index contributed by atoms with van der Waals surface area (Å²) in [5.41, 5.74) is 5.79. The van der Waals surface area contributed by atoms with E-state index in [-0.39, 0.29) is 6.04 Å². The molecule has 0 radical (unpaired) electrons. The Balaban J connectivity index is 2.21. The third-order valence-electron chi connectivity index (χ3n) is 2.77. The van der Waals surface area contributed by atoms with Gasteiger partial charge in [0, 0.05) is 18.5 Å². The van der Waals surface area contributed by atoms with Gasteiger partial charge >= 0.3 is 0 Å². The van der Waals surface area contributed by atoms with Crippen molar-refractivity contribution in [2.24, 2.45) is 5.73 Å². The van der Waals surface area contributed by atoms with Crippen molar-refractivity contribution in [1.82, 2.24) is 9.55 Å². The van der Waals surface area contributed by atoms with Gasteiger partial charge in [-0.05, 0) is 42.1 Å². The van der Waals surface area contributed by atoms with Crippen LogP contribution in [0.1, 0.15) is 38.1 Å². The molecule has 0 aliphatic heterocycles. The average molecular weight is 258 g/mol. The van der Waals surface area contributed by atoms with Crippen molar-refractivity contribution in [2.45, 2.75) is 44.7 Å². The van der Waals surface area contributed by atoms with Gasteiger partial charge in [-0.25, -0.2) is 4.98 Å². The molecule has 1 fully saturated rings. The standard InChI is InChI=1S/C10H16BrN3/c1-7(12)5-10-13-6-9(11)14(10)8-3-2-4-8/h6-8H,2-5,12H2,1H3. The van der Waals surface area contributed by atoms with Crippen molar-refractivity contribution in [3.05, 3.63) is 16.6 Å². The lowest BCUT2D eigenvalue weighted by Gasteiger charge is -2.29. The zero-order valence-electron chi connectivity index (χ0n) is 8.41. The van der Waals surface area contributed by atoms with Crippen molar-refractivity contribution in [2.75, 3.05) is 0 Å². The van der Waals surface area contributed by atoms with Crippen LogP contribution >= 0.6 is 15.9 Å². The predicted molar refractivity (Wildman–Crippen MR) is 60.2 cm³/mol. The van der Waals surface area contributed by atoms with Crippen LogP contribution in [0.25, 0.3) is 0 Å². The Hall–Kier alpha value is -0.350. The first-order valence-electron chi connectivity index (χ1n) is 5.15. The minimum absolute atomic E-state index is 0.183. The molecule has 1 aliphatic rings. The minimum Gasteiger partial charge on any atom is -0.328 e. The monoisotopic (exact) mass is 257 g/mol. The molecule has 1 saturated carbocycles. The van der Waals surface area contributed by atoms with Gasteiger partial charge in [0.2, 0.25) is 0 Å². The van der Waals surface area contributed by atoms with Gasteiger partial charge in [-0.1, -0.05) is 0 Å². The minimum atomic E-state index is 0.183. The normalized spacial score (nSPS) is 19.4. The molecule has 0 bridgehead atoms. The number of imidazole rings is 1. The molecule has 4 heteroatoms. The highest BCUT2D eigenvalue weighted by Crippen LogP contribution is 2.35. The SMILES string of the molecule is CC(N)Cc1ncc(Br)n1C1CCC1. The van der Waals surface area contributed by atoms with E-state index >= 15 is 0 Å². The van der Waals surface area contributed by atoms with Crippen LogP contribution in [-0.4, -0.2) is 15.6 Å². The van der Waals surface area contributed by atoms with Crippen LogP contribution in [0.2, 0.25) is 0 Å². The van der Waals surface area contributed by atoms with Gasteiger partial charge in [0.25, 0.3) is 0 Å². The topological polar surface area (TPSA) is 43.8 Å². The molecule has 2 N–H and O–H groups in total. The van der Waals surface area contributed by atoms with E-state index in [1.54, 1.807) is 0 Å². The maximum atomic E-state index is 5.79. The van der Waals surface area contributed by atoms with Crippen LogP contribution in [0.15, 0.2) is 10.8 Å². The molecular weight excluding hydrogens is 242 g/mol. The van der Waals surface area contributed by atoms with Crippen LogP contribution in [0.4, 0.5) is 0 Å². The van der Waals surface area contributed by atoms with Gasteiger partial charge < -0.3 is 10.3 Å². The van der Waals surface area contributed by atoms with Crippen LogP contribution < -0.4 is 5.73 Å². The molecule has 2 rings (SSSR count). The highest BCUT2D eigenvalue weighted by atomic mass is 79.9. The number of hydrogen-bond donors (Lipinski definition) is 1. The van der Waals surface area contributed by atoms with Crippen molar-refractivity contribution >= 4 is 15.9 Å². The van der Waals surface area contributed by atoms with Crippen LogP contribution in [0.3, 0.4) is 0 Å². The Bertz CT molecular complexity index is 315. The Morgan fingerprint density at radius 1 is 1.71 bits per heavy atom. The molecule has 1 atom stereocenters. The fourth-order valence-electron chi connectivity index (χ4n) is 1.84. The lowest BCUT2D eigenvalue weighted by Crippen LogP contribution is -2.24. The van der Waals surface area contributed by atoms with Crippen molar-refractivity contribution in [1.29, 1.82) is 0 Å². The summed E-state index contributed by atoms with van der Waals surface area (Å²) in [7, 11) is 0. The van der Waals surface area contributed by atoms with Crippen molar-refractivity contribution < 1.29 is 0 Å². The highest BCUT2D eigenvalue weighted by Gasteiger charge is 2.24. The molecule has 78 valence electrons. The number of hydrogen-bond acceptors (Lipinski definition) is 2. The molecule has 0 saturated heterocycles. The second-order valence-electron chi connectivity index (χ2n) is 4.13. The maximum absolute atomic E-state index is 5.79. The van der Waals surface area contributed by atoms with Gasteiger partial charge in [0.15, 0.2) is 0 Å². The molecule has 1 aromatic rings. The molecule has 1 aromatic heterocycles. The van der Waals surface area contributed by atoms with E-state index in [1.165, 1.54) is 19.3 Å². The van der Waals surface area contributed by atoms with Crippen LogP contribution in [0, 0.1) is 0 Å². The molecule has 14 heavy (non-hydrogen) atoms. The Labute approximate surface area is 92.8 Å². The summed E-state index contributed by atoms with van der Waals surface area (Å²) >= 11 is 3.54. The zero-order valence-corrected chi connectivity index (χ0v) is 10.00. The third kappa shape index (κ3) is 1.86. The third-order valence-corrected chi connectivity index (χ3v) is 3.36. The van der Waals surface area contributed by atoms with E-state index in [1.807, 2.05) is 13.1 Å². The predicted octanol–water partition coefficient (Wildman–Crippen LogP) is 2.26. The first-order valence-corrected chi connectivity index (χ1v) is 5.95. The largest absolute Gasteiger partial charge is 0.328 e. The van der Waals surface area contributed by atoms with Gasteiger partial charge in [-0.3, -0.25) is 0 Å². The Morgan fingerprint density at radius 3 is 2.93 bits per heavy atom. The number of nitrogens with zero attached hydrogens (tertiary/aromatic N) is 2. The molecule has 0 spiro atoms. The van der Waals surface area contributed by atoms with Gasteiger partial charge in [-0.15, -0.1) is 0 Å². The molecular formula is C10H16BrN3. The summed E-state index contributed by atoms with van der Waals surface area (Å²) in [5.74, 6) is 1.12. The summed E-state index contributed by atoms with van der Waals surface area (Å²) in [6.07, 6.45) is 6.65. The lowest BCUT2D eigenvalue weighted by molar-refractivity contribution is 0.301. The maximum Gasteiger partial charge on any atom is 0.111 e. The molecule has 0 aromatic carbocycles. The highest BCUT2D eigenvalue weighted by molar-refractivity contribution is 9.10. The average Bonchev–Trinajstić information content (AvgIpc) is 2.32. The number of rotatable bonds is 3. The van der Waals surface area contributed by atoms with E-state index in [0.29, 0.717) is 6.04 Å². The first-order chi connectivity index (χ1) is 6.68. The van der Waals surface area contributed by atoms with E-state index in [9.17, 15) is 0 Å². The quantitative estimate of drug-likeness (QED) is 0.903. The second-order valence-corrected chi connectivity index (χ2v) is 4.95. The van der Waals surface area contributed by atoms with Crippen LogP contribution in [-0.2, 0) is 6.42 Å². The van der Waals surface area contributed by atoms with Crippen molar-refractivity contribution in [3.63, 3.8) is 0 Å². The molecule has 0 amide bonds.